The predicted octanol–water partition coefficient (Wildman–Crippen LogP) is 3.01. The van der Waals surface area contributed by atoms with Crippen molar-refractivity contribution in [1.82, 2.24) is 34.0 Å². The fourth-order valence-corrected chi connectivity index (χ4v) is 5.35. The highest BCUT2D eigenvalue weighted by Crippen LogP contribution is 2.35. The molecule has 42 heavy (non-hydrogen) atoms. The van der Waals surface area contributed by atoms with Crippen LogP contribution >= 0.6 is 0 Å². The average Bonchev–Trinajstić information content (AvgIpc) is 3.41. The average molecular weight is 583 g/mol. The lowest BCUT2D eigenvalue weighted by molar-refractivity contribution is 0.409. The third kappa shape index (κ3) is 4.74. The molecule has 0 saturated carbocycles. The molecule has 0 aliphatic carbocycles. The van der Waals surface area contributed by atoms with E-state index < -0.39 is 16.9 Å². The van der Waals surface area contributed by atoms with Crippen LogP contribution in [0.25, 0.3) is 38.9 Å². The zero-order valence-electron chi connectivity index (χ0n) is 22.6. The van der Waals surface area contributed by atoms with Gasteiger partial charge in [-0.25, -0.2) is 32.8 Å². The normalized spacial score (nSPS) is 12.3. The molecule has 1 atom stereocenters. The van der Waals surface area contributed by atoms with E-state index in [2.05, 4.69) is 14.7 Å². The molecule has 0 bridgehead atoms. The summed E-state index contributed by atoms with van der Waals surface area (Å²) in [6.45, 7) is 1.92. The second kappa shape index (κ2) is 11.0. The maximum absolute atomic E-state index is 13.8. The van der Waals surface area contributed by atoms with Gasteiger partial charge in [0.25, 0.3) is 5.56 Å². The van der Waals surface area contributed by atoms with E-state index in [-0.39, 0.29) is 17.9 Å². The van der Waals surface area contributed by atoms with E-state index in [9.17, 15) is 13.2 Å². The Morgan fingerprint density at radius 1 is 1.02 bits per heavy atom. The maximum atomic E-state index is 13.8. The van der Waals surface area contributed by atoms with Crippen molar-refractivity contribution in [1.29, 1.82) is 0 Å². The Balaban J connectivity index is 1.58. The molecule has 13 heteroatoms. The SMILES string of the molecule is COc1ccc(-c2nn(C(C)c3nc4ccccc4c(=O)n3-c3ccccc3)c3ncnc(N)c23)cc1CN[SH](=O)=O. The number of ether oxygens (including phenoxy) is 1. The number of nitrogens with zero attached hydrogens (tertiary/aromatic N) is 6. The molecule has 3 heterocycles. The van der Waals surface area contributed by atoms with Crippen molar-refractivity contribution >= 4 is 38.6 Å². The molecule has 0 amide bonds. The number of hydrogen-bond acceptors (Lipinski definition) is 9. The molecule has 6 rings (SSSR count). The second-order valence-corrected chi connectivity index (χ2v) is 10.3. The van der Waals surface area contributed by atoms with Gasteiger partial charge in [0.15, 0.2) is 5.65 Å². The Morgan fingerprint density at radius 3 is 2.55 bits per heavy atom. The topological polar surface area (TPSA) is 160 Å². The van der Waals surface area contributed by atoms with Crippen LogP contribution in [0.15, 0.2) is 83.9 Å². The first-order chi connectivity index (χ1) is 20.4. The fourth-order valence-electron chi connectivity index (χ4n) is 5.05. The number of nitrogens with one attached hydrogen (secondary N) is 1. The molecular formula is C29H26N8O4S. The van der Waals surface area contributed by atoms with E-state index in [1.54, 1.807) is 39.6 Å². The molecule has 0 radical (unpaired) electrons. The van der Waals surface area contributed by atoms with Crippen molar-refractivity contribution < 1.29 is 13.2 Å². The Labute approximate surface area is 241 Å². The van der Waals surface area contributed by atoms with Gasteiger partial charge in [-0.1, -0.05) is 30.3 Å². The Hall–Kier alpha value is -5.14. The molecule has 3 aromatic carbocycles. The van der Waals surface area contributed by atoms with Gasteiger partial charge in [-0.05, 0) is 49.4 Å². The number of anilines is 1. The van der Waals surface area contributed by atoms with E-state index in [1.807, 2.05) is 49.4 Å². The summed E-state index contributed by atoms with van der Waals surface area (Å²) in [5.74, 6) is 1.19. The van der Waals surface area contributed by atoms with Gasteiger partial charge in [0, 0.05) is 17.7 Å². The predicted molar refractivity (Wildman–Crippen MR) is 160 cm³/mol. The zero-order valence-corrected chi connectivity index (χ0v) is 23.5. The van der Waals surface area contributed by atoms with Gasteiger partial charge in [0.05, 0.1) is 29.1 Å². The van der Waals surface area contributed by atoms with E-state index in [4.69, 9.17) is 20.6 Å². The number of para-hydroxylation sites is 2. The number of fused-ring (bicyclic) bond motifs is 2. The second-order valence-electron chi connectivity index (χ2n) is 9.51. The number of benzene rings is 3. The van der Waals surface area contributed by atoms with Crippen molar-refractivity contribution in [3.63, 3.8) is 0 Å². The zero-order chi connectivity index (χ0) is 29.4. The first-order valence-electron chi connectivity index (χ1n) is 13.0. The molecular weight excluding hydrogens is 556 g/mol. The van der Waals surface area contributed by atoms with Crippen LogP contribution in [0.2, 0.25) is 0 Å². The van der Waals surface area contributed by atoms with E-state index in [0.717, 1.165) is 0 Å². The summed E-state index contributed by atoms with van der Waals surface area (Å²) in [5.41, 5.74) is 9.58. The lowest BCUT2D eigenvalue weighted by Gasteiger charge is -2.19. The standard InChI is InChI=1S/C29H26N8O4S/c1-17(27-34-22-11-7-6-10-21(22)29(38)36(27)20-8-4-3-5-9-20)37-28-24(26(30)31-16-32-28)25(35-37)18-12-13-23(41-2)19(14-18)15-33-42(39)40/h3-14,16-17,42H,15H2,1-2H3,(H2,30,31,32)(H,33,39,40). The number of hydrogen-bond donors (Lipinski definition) is 3. The minimum Gasteiger partial charge on any atom is -0.496 e. The van der Waals surface area contributed by atoms with Gasteiger partial charge in [0.2, 0.25) is 10.9 Å². The number of nitrogens with two attached hydrogens (primary N) is 1. The Morgan fingerprint density at radius 2 is 1.79 bits per heavy atom. The van der Waals surface area contributed by atoms with Crippen LogP contribution in [0.1, 0.15) is 24.4 Å². The molecule has 3 aromatic heterocycles. The number of methoxy groups -OCH3 is 1. The summed E-state index contributed by atoms with van der Waals surface area (Å²) < 4.78 is 33.5. The first-order valence-corrected chi connectivity index (χ1v) is 14.2. The summed E-state index contributed by atoms with van der Waals surface area (Å²) in [7, 11) is -1.30. The van der Waals surface area contributed by atoms with Gasteiger partial charge in [-0.3, -0.25) is 9.36 Å². The molecule has 0 spiro atoms. The third-order valence-electron chi connectivity index (χ3n) is 7.03. The molecule has 0 fully saturated rings. The van der Waals surface area contributed by atoms with Crippen molar-refractivity contribution in [2.24, 2.45) is 0 Å². The summed E-state index contributed by atoms with van der Waals surface area (Å²) in [4.78, 5) is 27.5. The number of rotatable bonds is 8. The highest BCUT2D eigenvalue weighted by Gasteiger charge is 2.25. The van der Waals surface area contributed by atoms with E-state index in [1.165, 1.54) is 13.4 Å². The van der Waals surface area contributed by atoms with Gasteiger partial charge in [0.1, 0.15) is 35.5 Å². The lowest BCUT2D eigenvalue weighted by atomic mass is 10.1. The smallest absolute Gasteiger partial charge is 0.266 e. The van der Waals surface area contributed by atoms with Crippen LogP contribution in [0.4, 0.5) is 5.82 Å². The van der Waals surface area contributed by atoms with Crippen LogP contribution < -0.4 is 20.8 Å². The highest BCUT2D eigenvalue weighted by molar-refractivity contribution is 7.70. The van der Waals surface area contributed by atoms with Crippen molar-refractivity contribution in [3.8, 4) is 22.7 Å². The monoisotopic (exact) mass is 582 g/mol. The summed E-state index contributed by atoms with van der Waals surface area (Å²) >= 11 is 0. The molecule has 12 nitrogen and oxygen atoms in total. The van der Waals surface area contributed by atoms with Crippen LogP contribution in [0.3, 0.4) is 0 Å². The molecule has 0 aliphatic rings. The van der Waals surface area contributed by atoms with Gasteiger partial charge < -0.3 is 10.5 Å². The molecule has 0 aliphatic heterocycles. The third-order valence-corrected chi connectivity index (χ3v) is 7.44. The quantitative estimate of drug-likeness (QED) is 0.229. The number of thiol groups is 1. The fraction of sp³-hybridized carbons (Fsp3) is 0.138. The summed E-state index contributed by atoms with van der Waals surface area (Å²) in [6.07, 6.45) is 1.36. The van der Waals surface area contributed by atoms with E-state index in [0.29, 0.717) is 56.0 Å². The molecule has 6 aromatic rings. The minimum absolute atomic E-state index is 0.0289. The van der Waals surface area contributed by atoms with Crippen LogP contribution in [0.5, 0.6) is 5.75 Å². The lowest BCUT2D eigenvalue weighted by Crippen LogP contribution is -2.27. The molecule has 0 saturated heterocycles. The summed E-state index contributed by atoms with van der Waals surface area (Å²) in [6, 6.07) is 21.3. The maximum Gasteiger partial charge on any atom is 0.266 e. The van der Waals surface area contributed by atoms with Crippen LogP contribution in [0, 0.1) is 0 Å². The van der Waals surface area contributed by atoms with Crippen LogP contribution in [-0.4, -0.2) is 44.8 Å². The van der Waals surface area contributed by atoms with Crippen molar-refractivity contribution in [2.45, 2.75) is 19.5 Å². The summed E-state index contributed by atoms with van der Waals surface area (Å²) in [5, 5.41) is 5.94. The minimum atomic E-state index is -2.81. The molecule has 1 unspecified atom stereocenters. The van der Waals surface area contributed by atoms with Gasteiger partial charge >= 0.3 is 0 Å². The van der Waals surface area contributed by atoms with Gasteiger partial charge in [-0.2, -0.15) is 5.10 Å². The molecule has 212 valence electrons. The molecule has 3 N–H and O–H groups in total. The van der Waals surface area contributed by atoms with Gasteiger partial charge in [-0.15, -0.1) is 0 Å². The number of aromatic nitrogens is 6. The number of nitrogen functional groups attached to an aromatic ring is 1. The Bertz CT molecular complexity index is 2080. The largest absolute Gasteiger partial charge is 0.496 e. The van der Waals surface area contributed by atoms with Crippen molar-refractivity contribution in [3.05, 3.63) is 101 Å². The first kappa shape index (κ1) is 27.1. The van der Waals surface area contributed by atoms with E-state index >= 15 is 0 Å². The van der Waals surface area contributed by atoms with Crippen LogP contribution in [-0.2, 0) is 17.4 Å². The Kier molecular flexibility index (Phi) is 7.10. The highest BCUT2D eigenvalue weighted by atomic mass is 32.2. The van der Waals surface area contributed by atoms with Crippen molar-refractivity contribution in [2.75, 3.05) is 12.8 Å².